The number of hydrogen-bond acceptors (Lipinski definition) is 10. The molecule has 1 unspecified atom stereocenters. The van der Waals surface area contributed by atoms with Crippen molar-refractivity contribution in [1.29, 1.82) is 5.26 Å². The van der Waals surface area contributed by atoms with Crippen LogP contribution in [0.1, 0.15) is 11.1 Å². The summed E-state index contributed by atoms with van der Waals surface area (Å²) in [6.45, 7) is 0. The van der Waals surface area contributed by atoms with E-state index in [-0.39, 0.29) is 29.2 Å². The zero-order chi connectivity index (χ0) is 26.6. The number of para-hydroxylation sites is 1. The van der Waals surface area contributed by atoms with Crippen molar-refractivity contribution >= 4 is 15.5 Å². The van der Waals surface area contributed by atoms with Crippen LogP contribution >= 0.6 is 0 Å². The van der Waals surface area contributed by atoms with Gasteiger partial charge in [0.15, 0.2) is 9.84 Å². The van der Waals surface area contributed by atoms with Gasteiger partial charge in [0.1, 0.15) is 23.0 Å². The van der Waals surface area contributed by atoms with Gasteiger partial charge in [-0.1, -0.05) is 48.5 Å². The van der Waals surface area contributed by atoms with Crippen LogP contribution in [0.2, 0.25) is 0 Å². The van der Waals surface area contributed by atoms with Gasteiger partial charge in [-0.05, 0) is 29.8 Å². The lowest BCUT2D eigenvalue weighted by Crippen LogP contribution is -2.50. The van der Waals surface area contributed by atoms with Gasteiger partial charge in [-0.15, -0.1) is 0 Å². The fourth-order valence-corrected chi connectivity index (χ4v) is 4.43. The maximum Gasteiger partial charge on any atom is 0.351 e. The fourth-order valence-electron chi connectivity index (χ4n) is 3.60. The average molecular weight is 520 g/mol. The topological polar surface area (TPSA) is 161 Å². The molecule has 1 atom stereocenters. The lowest BCUT2D eigenvalue weighted by atomic mass is 10.1. The highest BCUT2D eigenvalue weighted by atomic mass is 32.2. The van der Waals surface area contributed by atoms with Crippen molar-refractivity contribution in [2.24, 2.45) is 10.8 Å². The number of aliphatic imine (C=N–C) groups is 1. The van der Waals surface area contributed by atoms with Crippen molar-refractivity contribution in [2.45, 2.75) is 11.9 Å². The first kappa shape index (κ1) is 25.4. The summed E-state index contributed by atoms with van der Waals surface area (Å²) in [5, 5.41) is 22.3. The number of rotatable bonds is 8. The van der Waals surface area contributed by atoms with Crippen LogP contribution in [0.5, 0.6) is 17.2 Å². The predicted molar refractivity (Wildman–Crippen MR) is 135 cm³/mol. The monoisotopic (exact) mass is 519 g/mol. The van der Waals surface area contributed by atoms with Crippen LogP contribution in [0, 0.1) is 21.4 Å². The minimum absolute atomic E-state index is 0.0250. The van der Waals surface area contributed by atoms with Crippen LogP contribution in [0.25, 0.3) is 0 Å². The summed E-state index contributed by atoms with van der Waals surface area (Å²) in [5.74, 6) is 6.18. The molecule has 11 nitrogen and oxygen atoms in total. The van der Waals surface area contributed by atoms with E-state index in [0.717, 1.165) is 6.26 Å². The van der Waals surface area contributed by atoms with E-state index in [9.17, 15) is 23.8 Å². The molecule has 0 saturated carbocycles. The SMILES string of the molecule is CS(=O)(=O)C1N=C(Cc2ccccc2)C([N+](=O)[O-])=C(Oc2cc(C#N)cc(Oc3ccccc3)c2)N1N. The van der Waals surface area contributed by atoms with E-state index in [0.29, 0.717) is 16.3 Å². The number of ether oxygens (including phenoxy) is 2. The number of nitro groups is 1. The summed E-state index contributed by atoms with van der Waals surface area (Å²) >= 11 is 0. The zero-order valence-electron chi connectivity index (χ0n) is 19.5. The molecule has 1 aliphatic rings. The third-order valence-corrected chi connectivity index (χ3v) is 6.30. The van der Waals surface area contributed by atoms with E-state index in [2.05, 4.69) is 4.99 Å². The maximum atomic E-state index is 12.5. The predicted octanol–water partition coefficient (Wildman–Crippen LogP) is 3.38. The molecule has 0 saturated heterocycles. The van der Waals surface area contributed by atoms with Crippen LogP contribution in [-0.4, -0.2) is 35.8 Å². The van der Waals surface area contributed by atoms with Gasteiger partial charge in [-0.2, -0.15) is 5.26 Å². The highest BCUT2D eigenvalue weighted by molar-refractivity contribution is 7.91. The Kier molecular flexibility index (Phi) is 7.19. The van der Waals surface area contributed by atoms with Gasteiger partial charge in [0.05, 0.1) is 16.6 Å². The standard InChI is InChI=1S/C25H21N5O6S/c1-37(33,34)25-28-22(14-17-8-4-2-5-9-17)23(30(31)32)24(29(25)27)36-21-13-18(16-26)12-20(15-21)35-19-10-6-3-7-11-19/h2-13,15,25H,14,27H2,1H3. The number of nitrogens with zero attached hydrogens (tertiary/aromatic N) is 4. The molecule has 0 radical (unpaired) electrons. The molecule has 4 rings (SSSR count). The molecule has 3 aromatic rings. The molecule has 188 valence electrons. The van der Waals surface area contributed by atoms with E-state index < -0.39 is 31.8 Å². The molecular formula is C25H21N5O6S. The number of benzene rings is 3. The van der Waals surface area contributed by atoms with E-state index in [4.69, 9.17) is 15.3 Å². The summed E-state index contributed by atoms with van der Waals surface area (Å²) in [6, 6.07) is 23.7. The molecule has 0 fully saturated rings. The summed E-state index contributed by atoms with van der Waals surface area (Å²) in [6.07, 6.45) is 0.878. The van der Waals surface area contributed by atoms with Crippen molar-refractivity contribution < 1.29 is 22.8 Å². The van der Waals surface area contributed by atoms with Crippen molar-refractivity contribution in [1.82, 2.24) is 5.01 Å². The molecule has 0 aromatic heterocycles. The largest absolute Gasteiger partial charge is 0.457 e. The average Bonchev–Trinajstić information content (AvgIpc) is 2.86. The molecule has 3 aromatic carbocycles. The van der Waals surface area contributed by atoms with Crippen molar-refractivity contribution in [3.8, 4) is 23.3 Å². The normalized spacial score (nSPS) is 15.5. The van der Waals surface area contributed by atoms with Crippen LogP contribution < -0.4 is 15.3 Å². The molecule has 2 N–H and O–H groups in total. The van der Waals surface area contributed by atoms with Gasteiger partial charge in [0.25, 0.3) is 5.88 Å². The van der Waals surface area contributed by atoms with Crippen molar-refractivity contribution in [2.75, 3.05) is 6.26 Å². The third-order valence-electron chi connectivity index (χ3n) is 5.20. The second-order valence-electron chi connectivity index (χ2n) is 8.03. The van der Waals surface area contributed by atoms with Gasteiger partial charge < -0.3 is 9.47 Å². The Morgan fingerprint density at radius 3 is 2.19 bits per heavy atom. The Morgan fingerprint density at radius 1 is 1.03 bits per heavy atom. The van der Waals surface area contributed by atoms with Gasteiger partial charge in [0.2, 0.25) is 5.50 Å². The van der Waals surface area contributed by atoms with Crippen LogP contribution in [0.3, 0.4) is 0 Å². The molecule has 0 bridgehead atoms. The third kappa shape index (κ3) is 5.92. The van der Waals surface area contributed by atoms with Gasteiger partial charge in [-0.25, -0.2) is 24.3 Å². The second kappa shape index (κ2) is 10.5. The minimum atomic E-state index is -3.94. The van der Waals surface area contributed by atoms with Crippen LogP contribution in [-0.2, 0) is 16.3 Å². The molecular weight excluding hydrogens is 498 g/mol. The van der Waals surface area contributed by atoms with Gasteiger partial charge in [0, 0.05) is 18.7 Å². The van der Waals surface area contributed by atoms with E-state index in [1.54, 1.807) is 54.6 Å². The molecule has 1 aliphatic heterocycles. The Bertz CT molecular complexity index is 1530. The minimum Gasteiger partial charge on any atom is -0.457 e. The summed E-state index contributed by atoms with van der Waals surface area (Å²) in [4.78, 5) is 15.5. The summed E-state index contributed by atoms with van der Waals surface area (Å²) < 4.78 is 36.6. The maximum absolute atomic E-state index is 12.5. The quantitative estimate of drug-likeness (QED) is 0.267. The number of hydrogen-bond donors (Lipinski definition) is 1. The number of hydrazine groups is 1. The molecule has 1 heterocycles. The summed E-state index contributed by atoms with van der Waals surface area (Å²) in [5.41, 5.74) is -1.57. The van der Waals surface area contributed by atoms with E-state index in [1.165, 1.54) is 18.2 Å². The molecule has 0 aliphatic carbocycles. The number of sulfone groups is 1. The van der Waals surface area contributed by atoms with Crippen LogP contribution in [0.15, 0.2) is 95.4 Å². The molecule has 0 amide bonds. The summed E-state index contributed by atoms with van der Waals surface area (Å²) in [7, 11) is -3.94. The lowest BCUT2D eigenvalue weighted by molar-refractivity contribution is -0.419. The van der Waals surface area contributed by atoms with Gasteiger partial charge in [-0.3, -0.25) is 10.1 Å². The van der Waals surface area contributed by atoms with Crippen molar-refractivity contribution in [3.05, 3.63) is 112 Å². The fraction of sp³-hybridized carbons (Fsp3) is 0.120. The van der Waals surface area contributed by atoms with E-state index >= 15 is 0 Å². The van der Waals surface area contributed by atoms with Gasteiger partial charge >= 0.3 is 5.70 Å². The smallest absolute Gasteiger partial charge is 0.351 e. The van der Waals surface area contributed by atoms with Crippen LogP contribution in [0.4, 0.5) is 0 Å². The lowest BCUT2D eigenvalue weighted by Gasteiger charge is -2.30. The zero-order valence-corrected chi connectivity index (χ0v) is 20.3. The second-order valence-corrected chi connectivity index (χ2v) is 10.1. The number of allylic oxidation sites excluding steroid dienone is 1. The number of nitriles is 1. The first-order valence-electron chi connectivity index (χ1n) is 10.8. The highest BCUT2D eigenvalue weighted by Crippen LogP contribution is 2.31. The highest BCUT2D eigenvalue weighted by Gasteiger charge is 2.42. The van der Waals surface area contributed by atoms with E-state index in [1.807, 2.05) is 12.1 Å². The Morgan fingerprint density at radius 2 is 1.62 bits per heavy atom. The first-order chi connectivity index (χ1) is 17.7. The Labute approximate surface area is 212 Å². The molecule has 12 heteroatoms. The Hall–Kier alpha value is -4.73. The molecule has 37 heavy (non-hydrogen) atoms. The number of nitrogens with two attached hydrogens (primary N) is 1. The Balaban J connectivity index is 1.80. The first-order valence-corrected chi connectivity index (χ1v) is 12.8. The van der Waals surface area contributed by atoms with Crippen molar-refractivity contribution in [3.63, 3.8) is 0 Å². The molecule has 0 spiro atoms.